The lowest BCUT2D eigenvalue weighted by atomic mass is 10.0. The number of fused-ring (bicyclic) bond motifs is 1. The van der Waals surface area contributed by atoms with Crippen molar-refractivity contribution in [2.24, 2.45) is 5.92 Å². The summed E-state index contributed by atoms with van der Waals surface area (Å²) in [6.45, 7) is 5.39. The molecule has 2 heterocycles. The molecule has 1 saturated heterocycles. The molecule has 1 fully saturated rings. The van der Waals surface area contributed by atoms with Crippen molar-refractivity contribution < 1.29 is 4.42 Å². The highest BCUT2D eigenvalue weighted by Crippen LogP contribution is 2.21. The van der Waals surface area contributed by atoms with Gasteiger partial charge in [-0.2, -0.15) is 0 Å². The molecule has 1 atom stereocenters. The lowest BCUT2D eigenvalue weighted by molar-refractivity contribution is 0.164. The van der Waals surface area contributed by atoms with Crippen molar-refractivity contribution in [3.8, 4) is 0 Å². The molecule has 4 nitrogen and oxygen atoms in total. The molecular weight excluding hydrogens is 226 g/mol. The van der Waals surface area contributed by atoms with E-state index in [0.717, 1.165) is 48.2 Å². The zero-order chi connectivity index (χ0) is 12.5. The molecule has 2 aromatic rings. The smallest absolute Gasteiger partial charge is 0.209 e. The fourth-order valence-corrected chi connectivity index (χ4v) is 2.68. The van der Waals surface area contributed by atoms with Crippen molar-refractivity contribution in [3.05, 3.63) is 24.1 Å². The fraction of sp³-hybridized carbons (Fsp3) is 0.500. The SMILES string of the molecule is CC1CCCN(Cc2nc3ccc(N)cc3o2)C1. The maximum Gasteiger partial charge on any atom is 0.209 e. The largest absolute Gasteiger partial charge is 0.439 e. The fourth-order valence-electron chi connectivity index (χ4n) is 2.68. The molecule has 1 aromatic carbocycles. The summed E-state index contributed by atoms with van der Waals surface area (Å²) in [5.74, 6) is 1.57. The van der Waals surface area contributed by atoms with Crippen LogP contribution in [0.2, 0.25) is 0 Å². The number of nitrogen functional groups attached to an aromatic ring is 1. The van der Waals surface area contributed by atoms with Gasteiger partial charge in [0.2, 0.25) is 5.89 Å². The van der Waals surface area contributed by atoms with Crippen molar-refractivity contribution in [1.82, 2.24) is 9.88 Å². The van der Waals surface area contributed by atoms with E-state index in [1.807, 2.05) is 18.2 Å². The molecule has 1 aliphatic heterocycles. The maximum atomic E-state index is 5.75. The van der Waals surface area contributed by atoms with E-state index >= 15 is 0 Å². The second kappa shape index (κ2) is 4.61. The van der Waals surface area contributed by atoms with Gasteiger partial charge >= 0.3 is 0 Å². The first-order valence-corrected chi connectivity index (χ1v) is 6.58. The van der Waals surface area contributed by atoms with E-state index in [1.165, 1.54) is 12.8 Å². The number of hydrogen-bond acceptors (Lipinski definition) is 4. The van der Waals surface area contributed by atoms with E-state index in [1.54, 1.807) is 0 Å². The molecule has 4 heteroatoms. The molecule has 18 heavy (non-hydrogen) atoms. The van der Waals surface area contributed by atoms with Gasteiger partial charge in [0.1, 0.15) is 5.52 Å². The molecule has 0 bridgehead atoms. The van der Waals surface area contributed by atoms with Crippen LogP contribution in [0.1, 0.15) is 25.7 Å². The van der Waals surface area contributed by atoms with Crippen LogP contribution in [0.15, 0.2) is 22.6 Å². The van der Waals surface area contributed by atoms with Crippen LogP contribution < -0.4 is 5.73 Å². The van der Waals surface area contributed by atoms with Crippen LogP contribution in [-0.2, 0) is 6.54 Å². The van der Waals surface area contributed by atoms with Crippen LogP contribution in [0.5, 0.6) is 0 Å². The first kappa shape index (κ1) is 11.5. The topological polar surface area (TPSA) is 55.3 Å². The Morgan fingerprint density at radius 3 is 3.22 bits per heavy atom. The van der Waals surface area contributed by atoms with Gasteiger partial charge in [-0.25, -0.2) is 4.98 Å². The third kappa shape index (κ3) is 2.34. The number of rotatable bonds is 2. The van der Waals surface area contributed by atoms with Gasteiger partial charge in [0, 0.05) is 18.3 Å². The Morgan fingerprint density at radius 2 is 2.39 bits per heavy atom. The Balaban J connectivity index is 1.78. The standard InChI is InChI=1S/C14H19N3O/c1-10-3-2-6-17(8-10)9-14-16-12-5-4-11(15)7-13(12)18-14/h4-5,7,10H,2-3,6,8-9,15H2,1H3. The number of oxazole rings is 1. The Kier molecular flexibility index (Phi) is 2.96. The molecule has 0 aliphatic carbocycles. The molecule has 3 rings (SSSR count). The predicted octanol–water partition coefficient (Wildman–Crippen LogP) is 2.64. The van der Waals surface area contributed by atoms with E-state index in [0.29, 0.717) is 0 Å². The van der Waals surface area contributed by atoms with Crippen molar-refractivity contribution in [2.75, 3.05) is 18.8 Å². The zero-order valence-corrected chi connectivity index (χ0v) is 10.7. The summed E-state index contributed by atoms with van der Waals surface area (Å²) in [7, 11) is 0. The first-order valence-electron chi connectivity index (χ1n) is 6.58. The summed E-state index contributed by atoms with van der Waals surface area (Å²) in [5, 5.41) is 0. The van der Waals surface area contributed by atoms with Crippen LogP contribution in [0, 0.1) is 5.92 Å². The summed E-state index contributed by atoms with van der Waals surface area (Å²) in [5.41, 5.74) is 8.14. The second-order valence-corrected chi connectivity index (χ2v) is 5.32. The van der Waals surface area contributed by atoms with Crippen molar-refractivity contribution in [2.45, 2.75) is 26.3 Å². The lowest BCUT2D eigenvalue weighted by Gasteiger charge is -2.29. The highest BCUT2D eigenvalue weighted by molar-refractivity contribution is 5.76. The minimum atomic E-state index is 0.719. The van der Waals surface area contributed by atoms with Gasteiger partial charge < -0.3 is 10.2 Å². The third-order valence-corrected chi connectivity index (χ3v) is 3.56. The minimum Gasteiger partial charge on any atom is -0.439 e. The monoisotopic (exact) mass is 245 g/mol. The van der Waals surface area contributed by atoms with Gasteiger partial charge in [0.05, 0.1) is 6.54 Å². The Hall–Kier alpha value is -1.55. The van der Waals surface area contributed by atoms with Crippen molar-refractivity contribution in [3.63, 3.8) is 0 Å². The van der Waals surface area contributed by atoms with Gasteiger partial charge in [-0.3, -0.25) is 4.90 Å². The molecule has 0 radical (unpaired) electrons. The number of nitrogens with two attached hydrogens (primary N) is 1. The van der Waals surface area contributed by atoms with E-state index in [4.69, 9.17) is 10.2 Å². The third-order valence-electron chi connectivity index (χ3n) is 3.56. The van der Waals surface area contributed by atoms with Gasteiger partial charge in [0.15, 0.2) is 5.58 Å². The van der Waals surface area contributed by atoms with Gasteiger partial charge in [-0.05, 0) is 37.4 Å². The number of piperidine rings is 1. The summed E-state index contributed by atoms with van der Waals surface area (Å²) >= 11 is 0. The zero-order valence-electron chi connectivity index (χ0n) is 10.7. The number of benzene rings is 1. The number of aromatic nitrogens is 1. The maximum absolute atomic E-state index is 5.75. The lowest BCUT2D eigenvalue weighted by Crippen LogP contribution is -2.33. The molecule has 0 spiro atoms. The molecule has 0 saturated carbocycles. The Morgan fingerprint density at radius 1 is 1.50 bits per heavy atom. The summed E-state index contributed by atoms with van der Waals surface area (Å²) in [6.07, 6.45) is 2.61. The van der Waals surface area contributed by atoms with Crippen molar-refractivity contribution in [1.29, 1.82) is 0 Å². The molecule has 1 aromatic heterocycles. The van der Waals surface area contributed by atoms with Gasteiger partial charge in [-0.1, -0.05) is 6.92 Å². The van der Waals surface area contributed by atoms with Crippen LogP contribution >= 0.6 is 0 Å². The molecule has 0 amide bonds. The van der Waals surface area contributed by atoms with Crippen LogP contribution in [0.4, 0.5) is 5.69 Å². The second-order valence-electron chi connectivity index (χ2n) is 5.32. The van der Waals surface area contributed by atoms with Crippen molar-refractivity contribution >= 4 is 16.8 Å². The quantitative estimate of drug-likeness (QED) is 0.826. The molecule has 96 valence electrons. The number of likely N-dealkylation sites (tertiary alicyclic amines) is 1. The summed E-state index contributed by atoms with van der Waals surface area (Å²) < 4.78 is 5.75. The summed E-state index contributed by atoms with van der Waals surface area (Å²) in [6, 6.07) is 5.61. The van der Waals surface area contributed by atoms with E-state index in [9.17, 15) is 0 Å². The number of hydrogen-bond donors (Lipinski definition) is 1. The Bertz CT molecular complexity index is 549. The van der Waals surface area contributed by atoms with E-state index < -0.39 is 0 Å². The highest BCUT2D eigenvalue weighted by atomic mass is 16.3. The summed E-state index contributed by atoms with van der Waals surface area (Å²) in [4.78, 5) is 6.93. The average Bonchev–Trinajstić information content (AvgIpc) is 2.70. The molecule has 1 unspecified atom stereocenters. The van der Waals surface area contributed by atoms with Crippen LogP contribution in [-0.4, -0.2) is 23.0 Å². The van der Waals surface area contributed by atoms with Crippen LogP contribution in [0.3, 0.4) is 0 Å². The minimum absolute atomic E-state index is 0.719. The van der Waals surface area contributed by atoms with Gasteiger partial charge in [0.25, 0.3) is 0 Å². The van der Waals surface area contributed by atoms with Crippen LogP contribution in [0.25, 0.3) is 11.1 Å². The molecule has 2 N–H and O–H groups in total. The van der Waals surface area contributed by atoms with E-state index in [-0.39, 0.29) is 0 Å². The normalized spacial score (nSPS) is 21.5. The average molecular weight is 245 g/mol. The highest BCUT2D eigenvalue weighted by Gasteiger charge is 2.18. The first-order chi connectivity index (χ1) is 8.70. The molecule has 1 aliphatic rings. The number of anilines is 1. The Labute approximate surface area is 107 Å². The van der Waals surface area contributed by atoms with Gasteiger partial charge in [-0.15, -0.1) is 0 Å². The number of nitrogens with zero attached hydrogens (tertiary/aromatic N) is 2. The predicted molar refractivity (Wildman–Crippen MR) is 72.1 cm³/mol. The van der Waals surface area contributed by atoms with E-state index in [2.05, 4.69) is 16.8 Å². The molecular formula is C14H19N3O.